The second kappa shape index (κ2) is 6.05. The van der Waals surface area contributed by atoms with E-state index < -0.39 is 0 Å². The quantitative estimate of drug-likeness (QED) is 0.811. The number of hydrogen-bond acceptors (Lipinski definition) is 4. The minimum atomic E-state index is -0.281. The molecule has 1 aromatic rings. The molecule has 1 atom stereocenters. The monoisotopic (exact) mass is 222 g/mol. The lowest BCUT2D eigenvalue weighted by atomic mass is 10.2. The molecule has 0 aromatic carbocycles. The van der Waals surface area contributed by atoms with Crippen molar-refractivity contribution in [2.24, 2.45) is 0 Å². The molecule has 0 aliphatic rings. The molecule has 0 bridgehead atoms. The lowest BCUT2D eigenvalue weighted by Crippen LogP contribution is -2.41. The third-order valence-corrected chi connectivity index (χ3v) is 2.38. The molecular weight excluding hydrogens is 204 g/mol. The number of amides is 1. The molecule has 0 spiro atoms. The number of carbonyl (C=O) groups excluding carboxylic acids is 1. The first kappa shape index (κ1) is 12.4. The maximum atomic E-state index is 11.9. The first-order valence-electron chi connectivity index (χ1n) is 5.52. The van der Waals surface area contributed by atoms with Crippen molar-refractivity contribution in [3.63, 3.8) is 0 Å². The van der Waals surface area contributed by atoms with Crippen LogP contribution < -0.4 is 5.32 Å². The summed E-state index contributed by atoms with van der Waals surface area (Å²) < 4.78 is 0. The summed E-state index contributed by atoms with van der Waals surface area (Å²) in [4.78, 5) is 13.7. The fourth-order valence-electron chi connectivity index (χ4n) is 1.47. The highest BCUT2D eigenvalue weighted by molar-refractivity contribution is 5.83. The van der Waals surface area contributed by atoms with Crippen LogP contribution in [0.2, 0.25) is 0 Å². The van der Waals surface area contributed by atoms with E-state index in [1.807, 2.05) is 20.8 Å². The molecule has 16 heavy (non-hydrogen) atoms. The fraction of sp³-hybridized carbons (Fsp3) is 0.545. The van der Waals surface area contributed by atoms with Crippen LogP contribution in [-0.2, 0) is 4.79 Å². The summed E-state index contributed by atoms with van der Waals surface area (Å²) in [6, 6.07) is 3.29. The first-order chi connectivity index (χ1) is 7.69. The largest absolute Gasteiger partial charge is 0.357 e. The molecule has 1 amide bonds. The Morgan fingerprint density at radius 1 is 1.50 bits per heavy atom. The summed E-state index contributed by atoms with van der Waals surface area (Å²) >= 11 is 0. The van der Waals surface area contributed by atoms with Gasteiger partial charge in [0.15, 0.2) is 0 Å². The van der Waals surface area contributed by atoms with Crippen LogP contribution in [0.1, 0.15) is 20.8 Å². The predicted molar refractivity (Wildman–Crippen MR) is 63.0 cm³/mol. The van der Waals surface area contributed by atoms with Gasteiger partial charge >= 0.3 is 0 Å². The third kappa shape index (κ3) is 3.18. The Balaban J connectivity index is 2.58. The number of anilines is 1. The van der Waals surface area contributed by atoms with Crippen molar-refractivity contribution in [3.8, 4) is 0 Å². The molecule has 1 N–H and O–H groups in total. The Morgan fingerprint density at radius 3 is 2.69 bits per heavy atom. The van der Waals surface area contributed by atoms with Crippen LogP contribution in [0.15, 0.2) is 18.3 Å². The van der Waals surface area contributed by atoms with Gasteiger partial charge in [0.05, 0.1) is 0 Å². The van der Waals surface area contributed by atoms with Crippen molar-refractivity contribution in [1.29, 1.82) is 0 Å². The highest BCUT2D eigenvalue weighted by Crippen LogP contribution is 2.03. The summed E-state index contributed by atoms with van der Waals surface area (Å²) in [5.74, 6) is 0.700. The van der Waals surface area contributed by atoms with Crippen LogP contribution in [0.5, 0.6) is 0 Å². The van der Waals surface area contributed by atoms with Gasteiger partial charge in [0.25, 0.3) is 0 Å². The molecule has 0 fully saturated rings. The lowest BCUT2D eigenvalue weighted by molar-refractivity contribution is -0.131. The van der Waals surface area contributed by atoms with Gasteiger partial charge in [-0.2, -0.15) is 5.10 Å². The lowest BCUT2D eigenvalue weighted by Gasteiger charge is -2.23. The number of rotatable bonds is 5. The Morgan fingerprint density at radius 2 is 2.19 bits per heavy atom. The highest BCUT2D eigenvalue weighted by Gasteiger charge is 2.17. The first-order valence-corrected chi connectivity index (χ1v) is 5.52. The summed E-state index contributed by atoms with van der Waals surface area (Å²) in [6.07, 6.45) is 1.60. The molecule has 0 aliphatic carbocycles. The molecule has 1 unspecified atom stereocenters. The molecule has 0 aliphatic heterocycles. The molecule has 5 nitrogen and oxygen atoms in total. The Labute approximate surface area is 95.9 Å². The van der Waals surface area contributed by atoms with Gasteiger partial charge in [-0.05, 0) is 32.9 Å². The van der Waals surface area contributed by atoms with E-state index in [1.54, 1.807) is 23.2 Å². The number of carbonyl (C=O) groups is 1. The third-order valence-electron chi connectivity index (χ3n) is 2.38. The average molecular weight is 222 g/mol. The molecule has 0 saturated heterocycles. The number of nitrogens with one attached hydrogen (secondary N) is 1. The van der Waals surface area contributed by atoms with Gasteiger partial charge < -0.3 is 10.2 Å². The van der Waals surface area contributed by atoms with Crippen molar-refractivity contribution in [2.45, 2.75) is 26.8 Å². The SMILES string of the molecule is CCN(CC)C(=O)C(C)Nc1cccnn1. The van der Waals surface area contributed by atoms with E-state index in [4.69, 9.17) is 0 Å². The number of likely N-dealkylation sites (N-methyl/N-ethyl adjacent to an activating group) is 1. The smallest absolute Gasteiger partial charge is 0.244 e. The van der Waals surface area contributed by atoms with Gasteiger partial charge in [0.2, 0.25) is 5.91 Å². The van der Waals surface area contributed by atoms with Crippen molar-refractivity contribution in [3.05, 3.63) is 18.3 Å². The predicted octanol–water partition coefficient (Wildman–Crippen LogP) is 1.15. The molecule has 1 aromatic heterocycles. The normalized spacial score (nSPS) is 11.9. The van der Waals surface area contributed by atoms with E-state index in [9.17, 15) is 4.79 Å². The van der Waals surface area contributed by atoms with E-state index in [0.717, 1.165) is 13.1 Å². The molecule has 1 heterocycles. The van der Waals surface area contributed by atoms with Crippen LogP contribution in [0.25, 0.3) is 0 Å². The number of aromatic nitrogens is 2. The summed E-state index contributed by atoms with van der Waals surface area (Å²) in [5, 5.41) is 10.7. The molecule has 88 valence electrons. The van der Waals surface area contributed by atoms with Gasteiger partial charge in [-0.3, -0.25) is 4.79 Å². The number of hydrogen-bond donors (Lipinski definition) is 1. The van der Waals surface area contributed by atoms with E-state index in [0.29, 0.717) is 5.82 Å². The standard InChI is InChI=1S/C11H18N4O/c1-4-15(5-2)11(16)9(3)13-10-7-6-8-12-14-10/h6-9H,4-5H2,1-3H3,(H,13,14). The summed E-state index contributed by atoms with van der Waals surface area (Å²) in [5.41, 5.74) is 0. The maximum absolute atomic E-state index is 11.9. The fourth-order valence-corrected chi connectivity index (χ4v) is 1.47. The Bertz CT molecular complexity index is 324. The van der Waals surface area contributed by atoms with Crippen molar-refractivity contribution < 1.29 is 4.79 Å². The van der Waals surface area contributed by atoms with E-state index in [2.05, 4.69) is 15.5 Å². The minimum absolute atomic E-state index is 0.0793. The minimum Gasteiger partial charge on any atom is -0.357 e. The zero-order valence-corrected chi connectivity index (χ0v) is 9.97. The van der Waals surface area contributed by atoms with Gasteiger partial charge in [-0.1, -0.05) is 0 Å². The maximum Gasteiger partial charge on any atom is 0.244 e. The highest BCUT2D eigenvalue weighted by atomic mass is 16.2. The van der Waals surface area contributed by atoms with Crippen molar-refractivity contribution in [2.75, 3.05) is 18.4 Å². The second-order valence-electron chi connectivity index (χ2n) is 3.49. The van der Waals surface area contributed by atoms with Crippen LogP contribution in [0, 0.1) is 0 Å². The van der Waals surface area contributed by atoms with Crippen molar-refractivity contribution in [1.82, 2.24) is 15.1 Å². The average Bonchev–Trinajstić information content (AvgIpc) is 2.31. The molecule has 5 heteroatoms. The number of nitrogens with zero attached hydrogens (tertiary/aromatic N) is 3. The van der Waals surface area contributed by atoms with Gasteiger partial charge in [0, 0.05) is 19.3 Å². The van der Waals surface area contributed by atoms with Crippen LogP contribution in [0.3, 0.4) is 0 Å². The summed E-state index contributed by atoms with van der Waals surface area (Å²) in [7, 11) is 0. The van der Waals surface area contributed by atoms with Gasteiger partial charge in [-0.15, -0.1) is 5.10 Å². The molecule has 1 rings (SSSR count). The van der Waals surface area contributed by atoms with Gasteiger partial charge in [0.1, 0.15) is 11.9 Å². The molecular formula is C11H18N4O. The van der Waals surface area contributed by atoms with E-state index >= 15 is 0 Å². The van der Waals surface area contributed by atoms with Crippen LogP contribution in [-0.4, -0.2) is 40.1 Å². The van der Waals surface area contributed by atoms with Crippen molar-refractivity contribution >= 4 is 11.7 Å². The zero-order valence-electron chi connectivity index (χ0n) is 9.97. The zero-order chi connectivity index (χ0) is 12.0. The summed E-state index contributed by atoms with van der Waals surface area (Å²) in [6.45, 7) is 7.21. The Hall–Kier alpha value is -1.65. The van der Waals surface area contributed by atoms with Crippen LogP contribution in [0.4, 0.5) is 5.82 Å². The van der Waals surface area contributed by atoms with Gasteiger partial charge in [-0.25, -0.2) is 0 Å². The molecule has 0 radical (unpaired) electrons. The van der Waals surface area contributed by atoms with E-state index in [-0.39, 0.29) is 11.9 Å². The Kier molecular flexibility index (Phi) is 4.69. The van der Waals surface area contributed by atoms with E-state index in [1.165, 1.54) is 0 Å². The topological polar surface area (TPSA) is 58.1 Å². The van der Waals surface area contributed by atoms with Crippen LogP contribution >= 0.6 is 0 Å². The molecule has 0 saturated carbocycles. The second-order valence-corrected chi connectivity index (χ2v) is 3.49.